The first kappa shape index (κ1) is 14.5. The van der Waals surface area contributed by atoms with Gasteiger partial charge in [0.15, 0.2) is 0 Å². The molecule has 100 valence electrons. The highest BCUT2D eigenvalue weighted by atomic mass is 32.2. The van der Waals surface area contributed by atoms with Gasteiger partial charge < -0.3 is 11.1 Å². The zero-order valence-corrected chi connectivity index (χ0v) is 11.2. The molecule has 1 aromatic carbocycles. The van der Waals surface area contributed by atoms with Crippen LogP contribution >= 0.6 is 0 Å². The van der Waals surface area contributed by atoms with Gasteiger partial charge in [0.2, 0.25) is 15.9 Å². The van der Waals surface area contributed by atoms with Crippen LogP contribution in [-0.2, 0) is 14.8 Å². The van der Waals surface area contributed by atoms with Gasteiger partial charge in [0, 0.05) is 25.7 Å². The summed E-state index contributed by atoms with van der Waals surface area (Å²) in [6, 6.07) is 4.51. The van der Waals surface area contributed by atoms with E-state index in [0.29, 0.717) is 11.3 Å². The van der Waals surface area contributed by atoms with Crippen molar-refractivity contribution in [2.45, 2.75) is 18.7 Å². The van der Waals surface area contributed by atoms with Crippen LogP contribution in [0.15, 0.2) is 23.1 Å². The van der Waals surface area contributed by atoms with E-state index in [9.17, 15) is 13.2 Å². The highest BCUT2D eigenvalue weighted by molar-refractivity contribution is 7.89. The number of carbonyl (C=O) groups is 1. The fraction of sp³-hybridized carbons (Fsp3) is 0.364. The lowest BCUT2D eigenvalue weighted by Crippen LogP contribution is -2.33. The Labute approximate surface area is 107 Å². The number of rotatable bonds is 5. The van der Waals surface area contributed by atoms with Crippen molar-refractivity contribution in [1.29, 1.82) is 0 Å². The average molecular weight is 271 g/mol. The summed E-state index contributed by atoms with van der Waals surface area (Å²) in [5, 5.41) is 2.50. The molecule has 7 heteroatoms. The molecule has 0 aromatic heterocycles. The summed E-state index contributed by atoms with van der Waals surface area (Å²) in [6.45, 7) is 3.51. The maximum atomic E-state index is 11.9. The highest BCUT2D eigenvalue weighted by Gasteiger charge is 2.13. The molecule has 0 atom stereocenters. The SMILES string of the molecule is CC(=O)NCCNS(=O)(=O)c1ccc(N)c(C)c1. The van der Waals surface area contributed by atoms with E-state index in [1.54, 1.807) is 13.0 Å². The number of anilines is 1. The second-order valence-electron chi connectivity index (χ2n) is 3.90. The van der Waals surface area contributed by atoms with Crippen molar-refractivity contribution in [3.8, 4) is 0 Å². The zero-order valence-electron chi connectivity index (χ0n) is 10.4. The number of nitrogen functional groups attached to an aromatic ring is 1. The fourth-order valence-corrected chi connectivity index (χ4v) is 2.44. The van der Waals surface area contributed by atoms with Gasteiger partial charge in [-0.15, -0.1) is 0 Å². The van der Waals surface area contributed by atoms with E-state index in [0.717, 1.165) is 0 Å². The number of amides is 1. The number of hydrogen-bond donors (Lipinski definition) is 3. The van der Waals surface area contributed by atoms with Crippen molar-refractivity contribution < 1.29 is 13.2 Å². The third-order valence-electron chi connectivity index (χ3n) is 2.34. The minimum Gasteiger partial charge on any atom is -0.399 e. The molecule has 0 fully saturated rings. The summed E-state index contributed by atoms with van der Waals surface area (Å²) < 4.78 is 26.1. The molecule has 4 N–H and O–H groups in total. The molecule has 1 rings (SSSR count). The number of carbonyl (C=O) groups excluding carboxylic acids is 1. The molecular weight excluding hydrogens is 254 g/mol. The van der Waals surface area contributed by atoms with Gasteiger partial charge >= 0.3 is 0 Å². The van der Waals surface area contributed by atoms with Crippen molar-refractivity contribution in [3.63, 3.8) is 0 Å². The molecule has 18 heavy (non-hydrogen) atoms. The van der Waals surface area contributed by atoms with Gasteiger partial charge in [-0.1, -0.05) is 0 Å². The van der Waals surface area contributed by atoms with Gasteiger partial charge in [-0.3, -0.25) is 4.79 Å². The summed E-state index contributed by atoms with van der Waals surface area (Å²) in [4.78, 5) is 10.8. The molecule has 0 unspecified atom stereocenters. The van der Waals surface area contributed by atoms with Gasteiger partial charge in [-0.05, 0) is 30.7 Å². The number of sulfonamides is 1. The molecule has 0 aliphatic rings. The third kappa shape index (κ3) is 4.01. The van der Waals surface area contributed by atoms with Crippen LogP contribution in [-0.4, -0.2) is 27.4 Å². The van der Waals surface area contributed by atoms with E-state index >= 15 is 0 Å². The maximum Gasteiger partial charge on any atom is 0.240 e. The summed E-state index contributed by atoms with van der Waals surface area (Å²) in [5.41, 5.74) is 6.88. The normalized spacial score (nSPS) is 11.2. The lowest BCUT2D eigenvalue weighted by atomic mass is 10.2. The number of nitrogens with one attached hydrogen (secondary N) is 2. The van der Waals surface area contributed by atoms with Gasteiger partial charge in [0.1, 0.15) is 0 Å². The molecule has 0 spiro atoms. The van der Waals surface area contributed by atoms with Crippen molar-refractivity contribution in [2.75, 3.05) is 18.8 Å². The molecule has 1 amide bonds. The van der Waals surface area contributed by atoms with Crippen LogP contribution in [0.3, 0.4) is 0 Å². The standard InChI is InChI=1S/C11H17N3O3S/c1-8-7-10(3-4-11(8)12)18(16,17)14-6-5-13-9(2)15/h3-4,7,14H,5-6,12H2,1-2H3,(H,13,15). The monoisotopic (exact) mass is 271 g/mol. The molecule has 0 heterocycles. The van der Waals surface area contributed by atoms with Crippen LogP contribution in [0.1, 0.15) is 12.5 Å². The number of benzene rings is 1. The summed E-state index contributed by atoms with van der Waals surface area (Å²) in [7, 11) is -3.55. The molecule has 0 saturated carbocycles. The van der Waals surface area contributed by atoms with Crippen LogP contribution in [0.25, 0.3) is 0 Å². The number of aryl methyl sites for hydroxylation is 1. The summed E-state index contributed by atoms with van der Waals surface area (Å²) in [5.74, 6) is -0.197. The first-order valence-electron chi connectivity index (χ1n) is 5.43. The molecule has 0 aliphatic heterocycles. The summed E-state index contributed by atoms with van der Waals surface area (Å²) in [6.07, 6.45) is 0. The van der Waals surface area contributed by atoms with Crippen LogP contribution in [0, 0.1) is 6.92 Å². The third-order valence-corrected chi connectivity index (χ3v) is 3.80. The Morgan fingerprint density at radius 3 is 2.56 bits per heavy atom. The van der Waals surface area contributed by atoms with Crippen molar-refractivity contribution in [3.05, 3.63) is 23.8 Å². The Kier molecular flexibility index (Phi) is 4.69. The van der Waals surface area contributed by atoms with Crippen LogP contribution < -0.4 is 15.8 Å². The van der Waals surface area contributed by atoms with Crippen molar-refractivity contribution >= 4 is 21.6 Å². The van der Waals surface area contributed by atoms with E-state index in [4.69, 9.17) is 5.73 Å². The Hall–Kier alpha value is -1.60. The largest absolute Gasteiger partial charge is 0.399 e. The molecule has 0 bridgehead atoms. The van der Waals surface area contributed by atoms with Crippen LogP contribution in [0.5, 0.6) is 0 Å². The second-order valence-corrected chi connectivity index (χ2v) is 5.67. The smallest absolute Gasteiger partial charge is 0.240 e. The van der Waals surface area contributed by atoms with E-state index in [2.05, 4.69) is 10.0 Å². The maximum absolute atomic E-state index is 11.9. The number of nitrogens with two attached hydrogens (primary N) is 1. The molecule has 0 radical (unpaired) electrons. The second kappa shape index (κ2) is 5.83. The van der Waals surface area contributed by atoms with E-state index in [1.165, 1.54) is 19.1 Å². The Balaban J connectivity index is 2.68. The van der Waals surface area contributed by atoms with Crippen LogP contribution in [0.4, 0.5) is 5.69 Å². The molecule has 0 aliphatic carbocycles. The van der Waals surface area contributed by atoms with Gasteiger partial charge in [-0.25, -0.2) is 13.1 Å². The minimum atomic E-state index is -3.55. The lowest BCUT2D eigenvalue weighted by Gasteiger charge is -2.08. The topological polar surface area (TPSA) is 101 Å². The van der Waals surface area contributed by atoms with E-state index < -0.39 is 10.0 Å². The average Bonchev–Trinajstić information content (AvgIpc) is 2.28. The zero-order chi connectivity index (χ0) is 13.8. The minimum absolute atomic E-state index is 0.144. The highest BCUT2D eigenvalue weighted by Crippen LogP contribution is 2.16. The van der Waals surface area contributed by atoms with E-state index in [1.807, 2.05) is 0 Å². The number of hydrogen-bond acceptors (Lipinski definition) is 4. The first-order valence-corrected chi connectivity index (χ1v) is 6.91. The van der Waals surface area contributed by atoms with Crippen molar-refractivity contribution in [1.82, 2.24) is 10.0 Å². The Morgan fingerprint density at radius 2 is 2.00 bits per heavy atom. The molecule has 0 saturated heterocycles. The van der Waals surface area contributed by atoms with E-state index in [-0.39, 0.29) is 23.9 Å². The predicted molar refractivity (Wildman–Crippen MR) is 69.5 cm³/mol. The van der Waals surface area contributed by atoms with Gasteiger partial charge in [-0.2, -0.15) is 0 Å². The van der Waals surface area contributed by atoms with Gasteiger partial charge in [0.25, 0.3) is 0 Å². The van der Waals surface area contributed by atoms with Crippen molar-refractivity contribution in [2.24, 2.45) is 0 Å². The summed E-state index contributed by atoms with van der Waals surface area (Å²) >= 11 is 0. The predicted octanol–water partition coefficient (Wildman–Crippen LogP) is -0.00838. The molecule has 6 nitrogen and oxygen atoms in total. The van der Waals surface area contributed by atoms with Crippen LogP contribution in [0.2, 0.25) is 0 Å². The Bertz CT molecular complexity index is 540. The fourth-order valence-electron chi connectivity index (χ4n) is 1.32. The molecular formula is C11H17N3O3S. The quantitative estimate of drug-likeness (QED) is 0.518. The lowest BCUT2D eigenvalue weighted by molar-refractivity contribution is -0.118. The van der Waals surface area contributed by atoms with Gasteiger partial charge in [0.05, 0.1) is 4.90 Å². The Morgan fingerprint density at radius 1 is 1.33 bits per heavy atom. The first-order chi connectivity index (χ1) is 8.33. The molecule has 1 aromatic rings.